The summed E-state index contributed by atoms with van der Waals surface area (Å²) < 4.78 is 5.57. The van der Waals surface area contributed by atoms with Gasteiger partial charge < -0.3 is 4.74 Å². The van der Waals surface area contributed by atoms with Crippen LogP contribution in [0.1, 0.15) is 57.1 Å². The van der Waals surface area contributed by atoms with Gasteiger partial charge in [0.25, 0.3) is 0 Å². The van der Waals surface area contributed by atoms with E-state index in [1.165, 1.54) is 5.56 Å². The minimum Gasteiger partial charge on any atom is -0.496 e. The molecule has 4 rings (SSSR count). The fourth-order valence-electron chi connectivity index (χ4n) is 4.37. The first-order chi connectivity index (χ1) is 14.3. The Kier molecular flexibility index (Phi) is 5.23. The second-order valence-electron chi connectivity index (χ2n) is 9.21. The largest absolute Gasteiger partial charge is 0.496 e. The van der Waals surface area contributed by atoms with Gasteiger partial charge in [0.15, 0.2) is 0 Å². The summed E-state index contributed by atoms with van der Waals surface area (Å²) in [6.45, 7) is 6.55. The maximum absolute atomic E-state index is 12.3. The van der Waals surface area contributed by atoms with Gasteiger partial charge in [-0.2, -0.15) is 0 Å². The van der Waals surface area contributed by atoms with Crippen LogP contribution in [0.5, 0.6) is 5.75 Å². The van der Waals surface area contributed by atoms with Gasteiger partial charge >= 0.3 is 0 Å². The first-order valence-electron chi connectivity index (χ1n) is 10.6. The Hall–Kier alpha value is -2.94. The van der Waals surface area contributed by atoms with Crippen molar-refractivity contribution in [1.29, 1.82) is 0 Å². The number of ketones is 2. The van der Waals surface area contributed by atoms with E-state index < -0.39 is 5.92 Å². The molecule has 0 saturated heterocycles. The maximum atomic E-state index is 12.3. The zero-order chi connectivity index (χ0) is 21.5. The molecule has 154 valence electrons. The van der Waals surface area contributed by atoms with Crippen LogP contribution in [0.15, 0.2) is 54.6 Å². The smallest absolute Gasteiger partial charge is 0.147 e. The number of carbonyl (C=O) groups excluding carboxylic acids is 2. The molecule has 30 heavy (non-hydrogen) atoms. The summed E-state index contributed by atoms with van der Waals surface area (Å²) in [5.74, 6) is 0.419. The van der Waals surface area contributed by atoms with Gasteiger partial charge in [-0.05, 0) is 63.6 Å². The van der Waals surface area contributed by atoms with E-state index in [9.17, 15) is 9.59 Å². The Labute approximate surface area is 178 Å². The second-order valence-corrected chi connectivity index (χ2v) is 9.21. The molecular formula is C27H28O3. The van der Waals surface area contributed by atoms with Crippen LogP contribution >= 0.6 is 0 Å². The minimum atomic E-state index is -0.584. The van der Waals surface area contributed by atoms with Gasteiger partial charge in [0, 0.05) is 18.4 Å². The quantitative estimate of drug-likeness (QED) is 0.490. The molecule has 0 amide bonds. The highest BCUT2D eigenvalue weighted by atomic mass is 16.5. The van der Waals surface area contributed by atoms with Crippen molar-refractivity contribution in [2.75, 3.05) is 7.11 Å². The molecule has 1 fully saturated rings. The van der Waals surface area contributed by atoms with Crippen LogP contribution in [-0.2, 0) is 15.0 Å². The monoisotopic (exact) mass is 400 g/mol. The lowest BCUT2D eigenvalue weighted by Crippen LogP contribution is -2.26. The molecule has 3 nitrogen and oxygen atoms in total. The predicted molar refractivity (Wildman–Crippen MR) is 121 cm³/mol. The molecule has 1 aliphatic carbocycles. The van der Waals surface area contributed by atoms with Crippen molar-refractivity contribution in [2.45, 2.75) is 51.4 Å². The number of Topliss-reactive ketones (excluding diaryl/α,β-unsaturated/α-hetero) is 2. The van der Waals surface area contributed by atoms with Crippen molar-refractivity contribution in [1.82, 2.24) is 0 Å². The Morgan fingerprint density at radius 3 is 2.07 bits per heavy atom. The zero-order valence-electron chi connectivity index (χ0n) is 18.1. The second kappa shape index (κ2) is 7.71. The average molecular weight is 401 g/mol. The van der Waals surface area contributed by atoms with E-state index in [2.05, 4.69) is 51.1 Å². The van der Waals surface area contributed by atoms with E-state index in [0.29, 0.717) is 19.3 Å². The van der Waals surface area contributed by atoms with Gasteiger partial charge in [0.1, 0.15) is 23.2 Å². The summed E-state index contributed by atoms with van der Waals surface area (Å²) in [5, 5.41) is 2.15. The van der Waals surface area contributed by atoms with Crippen LogP contribution < -0.4 is 4.74 Å². The number of benzene rings is 3. The lowest BCUT2D eigenvalue weighted by atomic mass is 9.81. The van der Waals surface area contributed by atoms with Crippen LogP contribution in [0, 0.1) is 0 Å². The highest BCUT2D eigenvalue weighted by molar-refractivity contribution is 6.09. The normalized spacial score (nSPS) is 15.6. The van der Waals surface area contributed by atoms with Gasteiger partial charge in [-0.25, -0.2) is 0 Å². The molecule has 0 N–H and O–H groups in total. The molecule has 0 atom stereocenters. The van der Waals surface area contributed by atoms with Crippen molar-refractivity contribution in [3.05, 3.63) is 65.7 Å². The standard InChI is InChI=1S/C27H28O3/c1-27(2,3)22-16-20(12-13-25(22)30-4)18-8-9-19-15-21(11-10-17(19)14-18)26-23(28)6-5-7-24(26)29/h8-16,26H,5-7H2,1-4H3. The third-order valence-corrected chi connectivity index (χ3v) is 6.03. The molecule has 0 aromatic heterocycles. The van der Waals surface area contributed by atoms with Gasteiger partial charge in [-0.3, -0.25) is 9.59 Å². The van der Waals surface area contributed by atoms with E-state index in [4.69, 9.17) is 4.74 Å². The summed E-state index contributed by atoms with van der Waals surface area (Å²) in [5.41, 5.74) is 4.25. The number of fused-ring (bicyclic) bond motifs is 1. The van der Waals surface area contributed by atoms with E-state index in [1.807, 2.05) is 24.3 Å². The Morgan fingerprint density at radius 1 is 0.800 bits per heavy atom. The van der Waals surface area contributed by atoms with Crippen molar-refractivity contribution < 1.29 is 14.3 Å². The van der Waals surface area contributed by atoms with Crippen molar-refractivity contribution >= 4 is 22.3 Å². The van der Waals surface area contributed by atoms with Gasteiger partial charge in [0.05, 0.1) is 7.11 Å². The number of rotatable bonds is 3. The number of carbonyl (C=O) groups is 2. The Morgan fingerprint density at radius 2 is 1.40 bits per heavy atom. The molecule has 0 heterocycles. The number of hydrogen-bond acceptors (Lipinski definition) is 3. The molecule has 0 aliphatic heterocycles. The van der Waals surface area contributed by atoms with E-state index >= 15 is 0 Å². The number of methoxy groups -OCH3 is 1. The van der Waals surface area contributed by atoms with Crippen LogP contribution in [0.25, 0.3) is 21.9 Å². The van der Waals surface area contributed by atoms with Crippen molar-refractivity contribution in [3.63, 3.8) is 0 Å². The molecular weight excluding hydrogens is 372 g/mol. The number of ether oxygens (including phenoxy) is 1. The summed E-state index contributed by atoms with van der Waals surface area (Å²) in [4.78, 5) is 24.6. The predicted octanol–water partition coefficient (Wildman–Crippen LogP) is 6.22. The lowest BCUT2D eigenvalue weighted by molar-refractivity contribution is -0.131. The summed E-state index contributed by atoms with van der Waals surface area (Å²) >= 11 is 0. The zero-order valence-corrected chi connectivity index (χ0v) is 18.1. The molecule has 1 aliphatic rings. The fourth-order valence-corrected chi connectivity index (χ4v) is 4.37. The lowest BCUT2D eigenvalue weighted by Gasteiger charge is -2.23. The van der Waals surface area contributed by atoms with Gasteiger partial charge in [-0.15, -0.1) is 0 Å². The van der Waals surface area contributed by atoms with Crippen LogP contribution in [0.3, 0.4) is 0 Å². The van der Waals surface area contributed by atoms with Crippen LogP contribution in [-0.4, -0.2) is 18.7 Å². The van der Waals surface area contributed by atoms with E-state index in [0.717, 1.165) is 33.2 Å². The third kappa shape index (κ3) is 3.77. The van der Waals surface area contributed by atoms with E-state index in [1.54, 1.807) is 7.11 Å². The molecule has 0 bridgehead atoms. The molecule has 0 spiro atoms. The highest BCUT2D eigenvalue weighted by Gasteiger charge is 2.31. The summed E-state index contributed by atoms with van der Waals surface area (Å²) in [7, 11) is 1.71. The SMILES string of the molecule is COc1ccc(-c2ccc3cc(C4C(=O)CCCC4=O)ccc3c2)cc1C(C)(C)C. The van der Waals surface area contributed by atoms with Crippen LogP contribution in [0.2, 0.25) is 0 Å². The first-order valence-corrected chi connectivity index (χ1v) is 10.6. The summed E-state index contributed by atoms with van der Waals surface area (Å²) in [6.07, 6.45) is 1.69. The van der Waals surface area contributed by atoms with Crippen LogP contribution in [0.4, 0.5) is 0 Å². The maximum Gasteiger partial charge on any atom is 0.147 e. The molecule has 3 aromatic rings. The van der Waals surface area contributed by atoms with Crippen molar-refractivity contribution in [2.24, 2.45) is 0 Å². The topological polar surface area (TPSA) is 43.4 Å². The van der Waals surface area contributed by atoms with E-state index in [-0.39, 0.29) is 17.0 Å². The highest BCUT2D eigenvalue weighted by Crippen LogP contribution is 2.36. The average Bonchev–Trinajstić information content (AvgIpc) is 2.72. The molecule has 0 radical (unpaired) electrons. The molecule has 3 heteroatoms. The molecule has 0 unspecified atom stereocenters. The third-order valence-electron chi connectivity index (χ3n) is 6.03. The number of hydrogen-bond donors (Lipinski definition) is 0. The molecule has 3 aromatic carbocycles. The Bertz CT molecular complexity index is 1120. The van der Waals surface area contributed by atoms with Crippen molar-refractivity contribution in [3.8, 4) is 16.9 Å². The van der Waals surface area contributed by atoms with Gasteiger partial charge in [0.2, 0.25) is 0 Å². The Balaban J connectivity index is 1.73. The summed E-state index contributed by atoms with van der Waals surface area (Å²) in [6, 6.07) is 18.6. The minimum absolute atomic E-state index is 0.0217. The van der Waals surface area contributed by atoms with Gasteiger partial charge in [-0.1, -0.05) is 51.1 Å². The first kappa shape index (κ1) is 20.3. The molecule has 1 saturated carbocycles. The fraction of sp³-hybridized carbons (Fsp3) is 0.333.